The van der Waals surface area contributed by atoms with Crippen molar-refractivity contribution in [3.8, 4) is 5.69 Å². The molecule has 3 aromatic heterocycles. The number of nitrogens with zero attached hydrogens (tertiary/aromatic N) is 6. The van der Waals surface area contributed by atoms with Crippen LogP contribution < -0.4 is 5.32 Å². The predicted molar refractivity (Wildman–Crippen MR) is 102 cm³/mol. The van der Waals surface area contributed by atoms with Crippen LogP contribution in [0.2, 0.25) is 0 Å². The molecular weight excluding hydrogens is 373 g/mol. The molecule has 0 radical (unpaired) electrons. The van der Waals surface area contributed by atoms with Crippen LogP contribution in [0.1, 0.15) is 35.7 Å². The van der Waals surface area contributed by atoms with Gasteiger partial charge in [0.15, 0.2) is 0 Å². The van der Waals surface area contributed by atoms with Crippen LogP contribution in [0.5, 0.6) is 0 Å². The van der Waals surface area contributed by atoms with Gasteiger partial charge in [-0.1, -0.05) is 12.1 Å². The summed E-state index contributed by atoms with van der Waals surface area (Å²) in [4.78, 5) is 20.8. The van der Waals surface area contributed by atoms with Gasteiger partial charge in [-0.15, -0.1) is 0 Å². The summed E-state index contributed by atoms with van der Waals surface area (Å²) in [5.74, 6) is 0.0648. The van der Waals surface area contributed by atoms with E-state index in [-0.39, 0.29) is 24.2 Å². The normalized spacial score (nSPS) is 16.0. The highest BCUT2D eigenvalue weighted by Gasteiger charge is 2.26. The van der Waals surface area contributed by atoms with Crippen molar-refractivity contribution in [3.05, 3.63) is 71.8 Å². The van der Waals surface area contributed by atoms with Crippen LogP contribution in [0, 0.1) is 5.82 Å². The zero-order chi connectivity index (χ0) is 19.8. The number of rotatable bonds is 4. The van der Waals surface area contributed by atoms with E-state index in [9.17, 15) is 9.18 Å². The molecule has 0 aliphatic heterocycles. The second-order valence-corrected chi connectivity index (χ2v) is 7.07. The fourth-order valence-electron chi connectivity index (χ4n) is 3.82. The summed E-state index contributed by atoms with van der Waals surface area (Å²) in [6.45, 7) is 0. The molecule has 29 heavy (non-hydrogen) atoms. The Morgan fingerprint density at radius 3 is 3.00 bits per heavy atom. The summed E-state index contributed by atoms with van der Waals surface area (Å²) >= 11 is 0. The average molecular weight is 391 g/mol. The van der Waals surface area contributed by atoms with Crippen LogP contribution in [0.15, 0.2) is 49.2 Å². The first-order chi connectivity index (χ1) is 14.2. The number of nitrogens with one attached hydrogen (secondary N) is 1. The molecule has 0 saturated heterocycles. The van der Waals surface area contributed by atoms with Crippen molar-refractivity contribution in [2.75, 3.05) is 0 Å². The van der Waals surface area contributed by atoms with Gasteiger partial charge in [0.25, 0.3) is 5.78 Å². The van der Waals surface area contributed by atoms with Crippen LogP contribution in [0.4, 0.5) is 4.39 Å². The SMILES string of the molecule is O=C(Cc1cnc2ncnn2c1)NC1CCCc2c1cnn2-c1ccccc1F. The van der Waals surface area contributed by atoms with Gasteiger partial charge in [-0.2, -0.15) is 15.2 Å². The van der Waals surface area contributed by atoms with Crippen molar-refractivity contribution in [1.82, 2.24) is 34.7 Å². The predicted octanol–water partition coefficient (Wildman–Crippen LogP) is 2.19. The van der Waals surface area contributed by atoms with Crippen molar-refractivity contribution in [1.29, 1.82) is 0 Å². The lowest BCUT2D eigenvalue weighted by atomic mass is 9.92. The maximum absolute atomic E-state index is 14.2. The largest absolute Gasteiger partial charge is 0.349 e. The first kappa shape index (κ1) is 17.5. The summed E-state index contributed by atoms with van der Waals surface area (Å²) in [6, 6.07) is 6.43. The zero-order valence-electron chi connectivity index (χ0n) is 15.5. The first-order valence-corrected chi connectivity index (χ1v) is 9.44. The standard InChI is InChI=1S/C20H18FN7O/c21-15-4-1-2-6-18(15)28-17-7-3-5-16(14(17)10-24-28)26-19(29)8-13-9-22-20-23-12-25-27(20)11-13/h1-2,4,6,9-12,16H,3,5,7-8H2,(H,26,29). The number of amides is 1. The minimum absolute atomic E-state index is 0.109. The van der Waals surface area contributed by atoms with E-state index in [1.54, 1.807) is 46.0 Å². The molecule has 1 aliphatic rings. The molecule has 1 unspecified atom stereocenters. The summed E-state index contributed by atoms with van der Waals surface area (Å²) < 4.78 is 17.4. The lowest BCUT2D eigenvalue weighted by Crippen LogP contribution is -2.32. The van der Waals surface area contributed by atoms with Crippen LogP contribution in [-0.2, 0) is 17.6 Å². The summed E-state index contributed by atoms with van der Waals surface area (Å²) in [7, 11) is 0. The first-order valence-electron chi connectivity index (χ1n) is 9.44. The molecule has 0 fully saturated rings. The minimum atomic E-state index is -0.319. The molecule has 0 spiro atoms. The number of fused-ring (bicyclic) bond motifs is 2. The third kappa shape index (κ3) is 3.24. The van der Waals surface area contributed by atoms with Gasteiger partial charge in [-0.05, 0) is 37.0 Å². The van der Waals surface area contributed by atoms with Crippen molar-refractivity contribution in [3.63, 3.8) is 0 Å². The summed E-state index contributed by atoms with van der Waals surface area (Å²) in [6.07, 6.45) is 9.23. The van der Waals surface area contributed by atoms with Gasteiger partial charge in [0, 0.05) is 23.7 Å². The van der Waals surface area contributed by atoms with Crippen molar-refractivity contribution in [2.24, 2.45) is 0 Å². The lowest BCUT2D eigenvalue weighted by molar-refractivity contribution is -0.121. The van der Waals surface area contributed by atoms with Crippen molar-refractivity contribution >= 4 is 11.7 Å². The van der Waals surface area contributed by atoms with Gasteiger partial charge in [0.1, 0.15) is 17.8 Å². The smallest absolute Gasteiger partial charge is 0.252 e. The third-order valence-corrected chi connectivity index (χ3v) is 5.15. The summed E-state index contributed by atoms with van der Waals surface area (Å²) in [5.41, 5.74) is 3.06. The van der Waals surface area contributed by atoms with Crippen LogP contribution in [0.3, 0.4) is 0 Å². The number of hydrogen-bond donors (Lipinski definition) is 1. The van der Waals surface area contributed by atoms with Gasteiger partial charge in [0.05, 0.1) is 18.7 Å². The third-order valence-electron chi connectivity index (χ3n) is 5.15. The Kier molecular flexibility index (Phi) is 4.27. The van der Waals surface area contributed by atoms with Gasteiger partial charge in [-0.3, -0.25) is 4.79 Å². The highest BCUT2D eigenvalue weighted by molar-refractivity contribution is 5.79. The molecule has 1 aromatic carbocycles. The van der Waals surface area contributed by atoms with Crippen LogP contribution >= 0.6 is 0 Å². The second kappa shape index (κ2) is 7.08. The number of carbonyl (C=O) groups excluding carboxylic acids is 1. The Labute approximate surface area is 165 Å². The molecule has 4 aromatic rings. The molecule has 3 heterocycles. The molecule has 8 nitrogen and oxygen atoms in total. The van der Waals surface area contributed by atoms with Crippen molar-refractivity contribution in [2.45, 2.75) is 31.7 Å². The van der Waals surface area contributed by atoms with Crippen LogP contribution in [-0.4, -0.2) is 35.3 Å². The number of aromatic nitrogens is 6. The second-order valence-electron chi connectivity index (χ2n) is 7.07. The zero-order valence-corrected chi connectivity index (χ0v) is 15.5. The number of para-hydroxylation sites is 1. The van der Waals surface area contributed by atoms with E-state index in [0.717, 1.165) is 36.1 Å². The molecule has 146 valence electrons. The van der Waals surface area contributed by atoms with Gasteiger partial charge in [0.2, 0.25) is 5.91 Å². The number of benzene rings is 1. The average Bonchev–Trinajstić information content (AvgIpc) is 3.35. The van der Waals surface area contributed by atoms with Crippen LogP contribution in [0.25, 0.3) is 11.5 Å². The molecule has 9 heteroatoms. The molecule has 1 N–H and O–H groups in total. The topological polar surface area (TPSA) is 90.0 Å². The molecule has 1 atom stereocenters. The molecule has 5 rings (SSSR count). The quantitative estimate of drug-likeness (QED) is 0.576. The number of halogens is 1. The molecule has 0 saturated carbocycles. The van der Waals surface area contributed by atoms with Gasteiger partial charge < -0.3 is 5.32 Å². The van der Waals surface area contributed by atoms with E-state index in [1.807, 2.05) is 0 Å². The Hall–Kier alpha value is -3.62. The van der Waals surface area contributed by atoms with E-state index in [0.29, 0.717) is 11.5 Å². The van der Waals surface area contributed by atoms with E-state index < -0.39 is 0 Å². The van der Waals surface area contributed by atoms with Gasteiger partial charge >= 0.3 is 0 Å². The van der Waals surface area contributed by atoms with Crippen molar-refractivity contribution < 1.29 is 9.18 Å². The highest BCUT2D eigenvalue weighted by Crippen LogP contribution is 2.31. The number of carbonyl (C=O) groups is 1. The van der Waals surface area contributed by atoms with E-state index in [1.165, 1.54) is 12.4 Å². The molecular formula is C20H18FN7O. The Morgan fingerprint density at radius 2 is 2.10 bits per heavy atom. The fraction of sp³-hybridized carbons (Fsp3) is 0.250. The van der Waals surface area contributed by atoms with E-state index in [4.69, 9.17) is 0 Å². The van der Waals surface area contributed by atoms with Gasteiger partial charge in [-0.25, -0.2) is 18.6 Å². The summed E-state index contributed by atoms with van der Waals surface area (Å²) in [5, 5.41) is 11.5. The molecule has 1 aliphatic carbocycles. The fourth-order valence-corrected chi connectivity index (χ4v) is 3.82. The Balaban J connectivity index is 1.35. The molecule has 1 amide bonds. The van der Waals surface area contributed by atoms with E-state index >= 15 is 0 Å². The monoisotopic (exact) mass is 391 g/mol. The maximum atomic E-state index is 14.2. The lowest BCUT2D eigenvalue weighted by Gasteiger charge is -2.24. The van der Waals surface area contributed by atoms with E-state index in [2.05, 4.69) is 25.5 Å². The minimum Gasteiger partial charge on any atom is -0.349 e. The highest BCUT2D eigenvalue weighted by atomic mass is 19.1. The Morgan fingerprint density at radius 1 is 1.21 bits per heavy atom. The molecule has 0 bridgehead atoms. The Bertz CT molecular complexity index is 1200. The maximum Gasteiger partial charge on any atom is 0.252 e. The number of hydrogen-bond acceptors (Lipinski definition) is 5.